The number of amides is 1. The molecule has 29 heavy (non-hydrogen) atoms. The van der Waals surface area contributed by atoms with Crippen LogP contribution in [0.2, 0.25) is 0 Å². The second-order valence-electron chi connectivity index (χ2n) is 7.99. The minimum absolute atomic E-state index is 0.142. The van der Waals surface area contributed by atoms with E-state index in [0.29, 0.717) is 24.8 Å². The molecule has 2 atom stereocenters. The van der Waals surface area contributed by atoms with Crippen LogP contribution in [0.4, 0.5) is 0 Å². The van der Waals surface area contributed by atoms with Crippen LogP contribution in [0.5, 0.6) is 5.75 Å². The quantitative estimate of drug-likeness (QED) is 0.672. The van der Waals surface area contributed by atoms with Gasteiger partial charge in [-0.1, -0.05) is 5.16 Å². The third kappa shape index (κ3) is 6.30. The van der Waals surface area contributed by atoms with Crippen molar-refractivity contribution in [1.82, 2.24) is 20.7 Å². The Hall–Kier alpha value is -2.38. The third-order valence-corrected chi connectivity index (χ3v) is 5.50. The van der Waals surface area contributed by atoms with E-state index in [9.17, 15) is 4.79 Å². The van der Waals surface area contributed by atoms with Crippen LogP contribution in [0.3, 0.4) is 0 Å². The molecule has 7 heteroatoms. The van der Waals surface area contributed by atoms with Crippen molar-refractivity contribution in [3.63, 3.8) is 0 Å². The van der Waals surface area contributed by atoms with Crippen molar-refractivity contribution >= 4 is 5.91 Å². The Labute approximate surface area is 172 Å². The Morgan fingerprint density at radius 3 is 2.83 bits per heavy atom. The first kappa shape index (κ1) is 21.3. The molecule has 0 spiro atoms. The molecule has 0 bridgehead atoms. The van der Waals surface area contributed by atoms with Gasteiger partial charge in [0.25, 0.3) is 0 Å². The Bertz CT molecular complexity index is 773. The fraction of sp³-hybridized carbons (Fsp3) is 0.545. The monoisotopic (exact) mass is 400 g/mol. The first-order chi connectivity index (χ1) is 14.0. The molecule has 1 aromatic heterocycles. The zero-order valence-electron chi connectivity index (χ0n) is 17.6. The highest BCUT2D eigenvalue weighted by Crippen LogP contribution is 2.28. The van der Waals surface area contributed by atoms with Crippen molar-refractivity contribution < 1.29 is 14.1 Å². The number of likely N-dealkylation sites (N-methyl/N-ethyl adjacent to an activating group) is 1. The molecule has 0 saturated carbocycles. The third-order valence-electron chi connectivity index (χ3n) is 5.50. The summed E-state index contributed by atoms with van der Waals surface area (Å²) in [5.41, 5.74) is 1.91. The summed E-state index contributed by atoms with van der Waals surface area (Å²) in [6.45, 7) is 3.41. The van der Waals surface area contributed by atoms with Gasteiger partial charge in [0.05, 0.1) is 12.8 Å². The second kappa shape index (κ2) is 10.4. The first-order valence-corrected chi connectivity index (χ1v) is 10.3. The second-order valence-corrected chi connectivity index (χ2v) is 7.99. The molecule has 1 aliphatic rings. The van der Waals surface area contributed by atoms with Crippen LogP contribution in [0.15, 0.2) is 34.9 Å². The minimum Gasteiger partial charge on any atom is -0.497 e. The van der Waals surface area contributed by atoms with Crippen LogP contribution in [0, 0.1) is 11.8 Å². The van der Waals surface area contributed by atoms with Crippen molar-refractivity contribution in [3.05, 3.63) is 36.0 Å². The van der Waals surface area contributed by atoms with E-state index in [1.165, 1.54) is 0 Å². The molecule has 158 valence electrons. The number of hydrogen-bond donors (Lipinski definition) is 2. The molecule has 1 aliphatic heterocycles. The normalized spacial score (nSPS) is 19.3. The molecule has 1 amide bonds. The summed E-state index contributed by atoms with van der Waals surface area (Å²) in [5.74, 6) is 2.44. The largest absolute Gasteiger partial charge is 0.497 e. The van der Waals surface area contributed by atoms with E-state index in [1.54, 1.807) is 7.11 Å². The van der Waals surface area contributed by atoms with Gasteiger partial charge in [0.15, 0.2) is 5.76 Å². The standard InChI is InChI=1S/C22H32N4O3/c1-26(2)11-10-24-22(27)13-17-8-9-23-15-18(17)12-19-14-21(29-25-19)16-4-6-20(28-3)7-5-16/h4-7,14,17-18,23H,8-13,15H2,1-3H3,(H,24,27). The Kier molecular flexibility index (Phi) is 7.66. The number of piperidine rings is 1. The van der Waals surface area contributed by atoms with Gasteiger partial charge in [-0.05, 0) is 76.1 Å². The molecule has 2 aromatic rings. The Morgan fingerprint density at radius 1 is 1.31 bits per heavy atom. The maximum atomic E-state index is 12.3. The van der Waals surface area contributed by atoms with Gasteiger partial charge in [0.2, 0.25) is 5.91 Å². The number of nitrogens with zero attached hydrogens (tertiary/aromatic N) is 2. The number of aromatic nitrogens is 1. The molecular weight excluding hydrogens is 368 g/mol. The molecule has 1 aromatic carbocycles. The highest BCUT2D eigenvalue weighted by Gasteiger charge is 2.28. The average molecular weight is 401 g/mol. The number of nitrogens with one attached hydrogen (secondary N) is 2. The zero-order valence-corrected chi connectivity index (χ0v) is 17.6. The predicted molar refractivity (Wildman–Crippen MR) is 113 cm³/mol. The lowest BCUT2D eigenvalue weighted by Crippen LogP contribution is -2.41. The van der Waals surface area contributed by atoms with Gasteiger partial charge in [-0.25, -0.2) is 0 Å². The van der Waals surface area contributed by atoms with Gasteiger partial charge in [-0.2, -0.15) is 0 Å². The molecule has 1 fully saturated rings. The van der Waals surface area contributed by atoms with Crippen molar-refractivity contribution in [2.75, 3.05) is 47.4 Å². The number of carbonyl (C=O) groups excluding carboxylic acids is 1. The number of benzene rings is 1. The van der Waals surface area contributed by atoms with E-state index < -0.39 is 0 Å². The van der Waals surface area contributed by atoms with Crippen molar-refractivity contribution in [2.24, 2.45) is 11.8 Å². The highest BCUT2D eigenvalue weighted by molar-refractivity contribution is 5.76. The van der Waals surface area contributed by atoms with Gasteiger partial charge >= 0.3 is 0 Å². The number of carbonyl (C=O) groups is 1. The lowest BCUT2D eigenvalue weighted by molar-refractivity contribution is -0.122. The van der Waals surface area contributed by atoms with Gasteiger partial charge in [0, 0.05) is 31.1 Å². The predicted octanol–water partition coefficient (Wildman–Crippen LogP) is 2.19. The molecule has 2 unspecified atom stereocenters. The van der Waals surface area contributed by atoms with E-state index >= 15 is 0 Å². The molecule has 1 saturated heterocycles. The van der Waals surface area contributed by atoms with Gasteiger partial charge < -0.3 is 24.8 Å². The summed E-state index contributed by atoms with van der Waals surface area (Å²) < 4.78 is 10.8. The molecule has 3 rings (SSSR count). The van der Waals surface area contributed by atoms with Gasteiger partial charge in [-0.15, -0.1) is 0 Å². The topological polar surface area (TPSA) is 79.6 Å². The fourth-order valence-electron chi connectivity index (χ4n) is 3.78. The van der Waals surface area contributed by atoms with Crippen LogP contribution < -0.4 is 15.4 Å². The molecule has 0 aliphatic carbocycles. The van der Waals surface area contributed by atoms with Gasteiger partial charge in [-0.3, -0.25) is 4.79 Å². The van der Waals surface area contributed by atoms with E-state index in [-0.39, 0.29) is 5.91 Å². The summed E-state index contributed by atoms with van der Waals surface area (Å²) in [5, 5.41) is 10.8. The summed E-state index contributed by atoms with van der Waals surface area (Å²) in [7, 11) is 5.67. The van der Waals surface area contributed by atoms with Crippen molar-refractivity contribution in [3.8, 4) is 17.1 Å². The SMILES string of the molecule is COc1ccc(-c2cc(CC3CNCCC3CC(=O)NCCN(C)C)no2)cc1. The molecule has 2 heterocycles. The van der Waals surface area contributed by atoms with Crippen molar-refractivity contribution in [1.29, 1.82) is 0 Å². The lowest BCUT2D eigenvalue weighted by atomic mass is 9.81. The van der Waals surface area contributed by atoms with Crippen LogP contribution in [0.1, 0.15) is 18.5 Å². The summed E-state index contributed by atoms with van der Waals surface area (Å²) >= 11 is 0. The lowest BCUT2D eigenvalue weighted by Gasteiger charge is -2.31. The minimum atomic E-state index is 0.142. The van der Waals surface area contributed by atoms with Crippen LogP contribution in [0.25, 0.3) is 11.3 Å². The number of methoxy groups -OCH3 is 1. The smallest absolute Gasteiger partial charge is 0.220 e. The zero-order chi connectivity index (χ0) is 20.6. The highest BCUT2D eigenvalue weighted by atomic mass is 16.5. The van der Waals surface area contributed by atoms with Gasteiger partial charge in [0.1, 0.15) is 5.75 Å². The molecule has 7 nitrogen and oxygen atoms in total. The van der Waals surface area contributed by atoms with E-state index in [0.717, 1.165) is 55.2 Å². The maximum Gasteiger partial charge on any atom is 0.220 e. The van der Waals surface area contributed by atoms with E-state index in [4.69, 9.17) is 9.26 Å². The van der Waals surface area contributed by atoms with E-state index in [2.05, 4.69) is 20.7 Å². The fourth-order valence-corrected chi connectivity index (χ4v) is 3.78. The summed E-state index contributed by atoms with van der Waals surface area (Å²) in [6, 6.07) is 9.75. The summed E-state index contributed by atoms with van der Waals surface area (Å²) in [4.78, 5) is 14.4. The average Bonchev–Trinajstić information content (AvgIpc) is 3.18. The van der Waals surface area contributed by atoms with E-state index in [1.807, 2.05) is 44.4 Å². The number of rotatable bonds is 9. The molecule has 2 N–H and O–H groups in total. The first-order valence-electron chi connectivity index (χ1n) is 10.3. The van der Waals surface area contributed by atoms with Crippen LogP contribution >= 0.6 is 0 Å². The number of ether oxygens (including phenoxy) is 1. The molecule has 0 radical (unpaired) electrons. The summed E-state index contributed by atoms with van der Waals surface area (Å²) in [6.07, 6.45) is 2.39. The Morgan fingerprint density at radius 2 is 2.10 bits per heavy atom. The van der Waals surface area contributed by atoms with Crippen LogP contribution in [-0.4, -0.2) is 63.3 Å². The van der Waals surface area contributed by atoms with Crippen molar-refractivity contribution in [2.45, 2.75) is 19.3 Å². The Balaban J connectivity index is 1.57. The van der Waals surface area contributed by atoms with Crippen LogP contribution in [-0.2, 0) is 11.2 Å². The maximum absolute atomic E-state index is 12.3. The number of hydrogen-bond acceptors (Lipinski definition) is 6. The molecular formula is C22H32N4O3.